The first-order valence-corrected chi connectivity index (χ1v) is 4.96. The number of alkyl halides is 3. The molecule has 88 valence electrons. The number of hydrogen-bond donors (Lipinski definition) is 1. The SMILES string of the molecule is C=CC(C)NCc1ccccc1C(F)(F)F. The van der Waals surface area contributed by atoms with Crippen molar-refractivity contribution in [2.24, 2.45) is 0 Å². The molecule has 0 spiro atoms. The van der Waals surface area contributed by atoms with Crippen molar-refractivity contribution in [1.82, 2.24) is 5.32 Å². The number of nitrogens with one attached hydrogen (secondary N) is 1. The van der Waals surface area contributed by atoms with Gasteiger partial charge >= 0.3 is 6.18 Å². The highest BCUT2D eigenvalue weighted by Gasteiger charge is 2.32. The normalized spacial score (nSPS) is 13.5. The van der Waals surface area contributed by atoms with Crippen LogP contribution in [0.3, 0.4) is 0 Å². The summed E-state index contributed by atoms with van der Waals surface area (Å²) in [5.74, 6) is 0. The average molecular weight is 229 g/mol. The molecule has 0 bridgehead atoms. The predicted molar refractivity (Wildman–Crippen MR) is 57.9 cm³/mol. The highest BCUT2D eigenvalue weighted by Crippen LogP contribution is 2.31. The number of halogens is 3. The van der Waals surface area contributed by atoms with E-state index in [1.54, 1.807) is 12.1 Å². The van der Waals surface area contributed by atoms with Gasteiger partial charge in [-0.05, 0) is 18.6 Å². The van der Waals surface area contributed by atoms with Crippen LogP contribution in [0.4, 0.5) is 13.2 Å². The molecule has 1 N–H and O–H groups in total. The Morgan fingerprint density at radius 3 is 2.56 bits per heavy atom. The van der Waals surface area contributed by atoms with Crippen molar-refractivity contribution in [3.05, 3.63) is 48.0 Å². The lowest BCUT2D eigenvalue weighted by atomic mass is 10.1. The summed E-state index contributed by atoms with van der Waals surface area (Å²) in [7, 11) is 0. The van der Waals surface area contributed by atoms with E-state index in [2.05, 4.69) is 11.9 Å². The van der Waals surface area contributed by atoms with E-state index in [0.29, 0.717) is 0 Å². The highest BCUT2D eigenvalue weighted by molar-refractivity contribution is 5.29. The minimum atomic E-state index is -4.30. The van der Waals surface area contributed by atoms with E-state index in [4.69, 9.17) is 0 Å². The lowest BCUT2D eigenvalue weighted by Gasteiger charge is -2.14. The van der Waals surface area contributed by atoms with Crippen molar-refractivity contribution in [3.63, 3.8) is 0 Å². The van der Waals surface area contributed by atoms with Crippen molar-refractivity contribution in [2.75, 3.05) is 0 Å². The van der Waals surface area contributed by atoms with Gasteiger partial charge in [-0.3, -0.25) is 0 Å². The molecule has 1 aromatic rings. The molecular formula is C12H14F3N. The highest BCUT2D eigenvalue weighted by atomic mass is 19.4. The average Bonchev–Trinajstić information content (AvgIpc) is 2.25. The lowest BCUT2D eigenvalue weighted by Crippen LogP contribution is -2.24. The molecule has 1 atom stereocenters. The quantitative estimate of drug-likeness (QED) is 0.780. The van der Waals surface area contributed by atoms with Gasteiger partial charge < -0.3 is 5.32 Å². The third-order valence-corrected chi connectivity index (χ3v) is 2.29. The molecule has 0 saturated carbocycles. The van der Waals surface area contributed by atoms with E-state index in [1.807, 2.05) is 6.92 Å². The van der Waals surface area contributed by atoms with Gasteiger partial charge in [0.15, 0.2) is 0 Å². The Morgan fingerprint density at radius 1 is 1.38 bits per heavy atom. The van der Waals surface area contributed by atoms with E-state index in [0.717, 1.165) is 6.07 Å². The minimum absolute atomic E-state index is 0.0127. The Kier molecular flexibility index (Phi) is 4.12. The first-order valence-electron chi connectivity index (χ1n) is 4.96. The number of benzene rings is 1. The second-order valence-electron chi connectivity index (χ2n) is 3.56. The fraction of sp³-hybridized carbons (Fsp3) is 0.333. The van der Waals surface area contributed by atoms with Crippen molar-refractivity contribution in [3.8, 4) is 0 Å². The number of hydrogen-bond acceptors (Lipinski definition) is 1. The Balaban J connectivity index is 2.83. The summed E-state index contributed by atoms with van der Waals surface area (Å²) in [5.41, 5.74) is -0.331. The van der Waals surface area contributed by atoms with Gasteiger partial charge in [0, 0.05) is 12.6 Å². The van der Waals surface area contributed by atoms with E-state index in [9.17, 15) is 13.2 Å². The molecule has 1 rings (SSSR count). The smallest absolute Gasteiger partial charge is 0.307 e. The van der Waals surface area contributed by atoms with Crippen LogP contribution in [-0.4, -0.2) is 6.04 Å². The second kappa shape index (κ2) is 5.16. The second-order valence-corrected chi connectivity index (χ2v) is 3.56. The van der Waals surface area contributed by atoms with Crippen molar-refractivity contribution in [2.45, 2.75) is 25.7 Å². The van der Waals surface area contributed by atoms with E-state index < -0.39 is 11.7 Å². The van der Waals surface area contributed by atoms with Gasteiger partial charge in [0.2, 0.25) is 0 Å². The monoisotopic (exact) mass is 229 g/mol. The van der Waals surface area contributed by atoms with Gasteiger partial charge in [0.1, 0.15) is 0 Å². The van der Waals surface area contributed by atoms with Crippen LogP contribution in [-0.2, 0) is 12.7 Å². The molecule has 0 fully saturated rings. The number of rotatable bonds is 4. The maximum Gasteiger partial charge on any atom is 0.416 e. The van der Waals surface area contributed by atoms with Crippen LogP contribution in [0.2, 0.25) is 0 Å². The molecule has 0 amide bonds. The third-order valence-electron chi connectivity index (χ3n) is 2.29. The molecule has 1 unspecified atom stereocenters. The fourth-order valence-corrected chi connectivity index (χ4v) is 1.31. The molecular weight excluding hydrogens is 215 g/mol. The van der Waals surface area contributed by atoms with Crippen LogP contribution in [0.1, 0.15) is 18.1 Å². The zero-order valence-corrected chi connectivity index (χ0v) is 9.01. The van der Waals surface area contributed by atoms with Gasteiger partial charge in [0.25, 0.3) is 0 Å². The lowest BCUT2D eigenvalue weighted by molar-refractivity contribution is -0.138. The summed E-state index contributed by atoms with van der Waals surface area (Å²) in [6.07, 6.45) is -2.65. The summed E-state index contributed by atoms with van der Waals surface area (Å²) < 4.78 is 37.8. The van der Waals surface area contributed by atoms with Gasteiger partial charge in [-0.2, -0.15) is 13.2 Å². The largest absolute Gasteiger partial charge is 0.416 e. The topological polar surface area (TPSA) is 12.0 Å². The standard InChI is InChI=1S/C12H14F3N/c1-3-9(2)16-8-10-6-4-5-7-11(10)12(13,14)15/h3-7,9,16H,1,8H2,2H3. The molecule has 0 heterocycles. The first-order chi connectivity index (χ1) is 7.45. The summed E-state index contributed by atoms with van der Waals surface area (Å²) in [5, 5.41) is 2.94. The minimum Gasteiger partial charge on any atom is -0.307 e. The molecule has 0 saturated heterocycles. The van der Waals surface area contributed by atoms with Gasteiger partial charge in [0.05, 0.1) is 5.56 Å². The first kappa shape index (κ1) is 12.8. The van der Waals surface area contributed by atoms with Gasteiger partial charge in [-0.1, -0.05) is 24.3 Å². The van der Waals surface area contributed by atoms with E-state index in [-0.39, 0.29) is 18.2 Å². The maximum atomic E-state index is 12.6. The zero-order chi connectivity index (χ0) is 12.2. The summed E-state index contributed by atoms with van der Waals surface area (Å²) in [6, 6.07) is 5.55. The van der Waals surface area contributed by atoms with Crippen LogP contribution in [0.15, 0.2) is 36.9 Å². The Labute approximate surface area is 93.0 Å². The van der Waals surface area contributed by atoms with Crippen LogP contribution in [0.25, 0.3) is 0 Å². The molecule has 1 aromatic carbocycles. The summed E-state index contributed by atoms with van der Waals surface area (Å²) in [6.45, 7) is 5.58. The Hall–Kier alpha value is -1.29. The molecule has 0 aliphatic carbocycles. The van der Waals surface area contributed by atoms with Crippen molar-refractivity contribution >= 4 is 0 Å². The van der Waals surface area contributed by atoms with E-state index in [1.165, 1.54) is 12.1 Å². The summed E-state index contributed by atoms with van der Waals surface area (Å²) in [4.78, 5) is 0. The molecule has 0 aliphatic heterocycles. The van der Waals surface area contributed by atoms with Gasteiger partial charge in [-0.25, -0.2) is 0 Å². The van der Waals surface area contributed by atoms with Crippen molar-refractivity contribution < 1.29 is 13.2 Å². The van der Waals surface area contributed by atoms with Crippen molar-refractivity contribution in [1.29, 1.82) is 0 Å². The van der Waals surface area contributed by atoms with Crippen LogP contribution in [0, 0.1) is 0 Å². The maximum absolute atomic E-state index is 12.6. The fourth-order valence-electron chi connectivity index (χ4n) is 1.31. The molecule has 1 nitrogen and oxygen atoms in total. The molecule has 0 radical (unpaired) electrons. The molecule has 0 aromatic heterocycles. The van der Waals surface area contributed by atoms with Crippen LogP contribution in [0.5, 0.6) is 0 Å². The predicted octanol–water partition coefficient (Wildman–Crippen LogP) is 3.37. The van der Waals surface area contributed by atoms with Gasteiger partial charge in [-0.15, -0.1) is 6.58 Å². The third kappa shape index (κ3) is 3.38. The summed E-state index contributed by atoms with van der Waals surface area (Å²) >= 11 is 0. The zero-order valence-electron chi connectivity index (χ0n) is 9.01. The molecule has 4 heteroatoms. The molecule has 16 heavy (non-hydrogen) atoms. The Morgan fingerprint density at radius 2 is 2.00 bits per heavy atom. The molecule has 0 aliphatic rings. The Bertz CT molecular complexity index is 358. The van der Waals surface area contributed by atoms with E-state index >= 15 is 0 Å². The van der Waals surface area contributed by atoms with Crippen LogP contribution >= 0.6 is 0 Å². The van der Waals surface area contributed by atoms with Crippen LogP contribution < -0.4 is 5.32 Å².